The van der Waals surface area contributed by atoms with E-state index in [4.69, 9.17) is 18.9 Å². The fraction of sp³-hybridized carbons (Fsp3) is 0.160. The molecule has 3 aromatic carbocycles. The van der Waals surface area contributed by atoms with Gasteiger partial charge in [-0.1, -0.05) is 44.0 Å². The third-order valence-corrected chi connectivity index (χ3v) is 6.24. The molecule has 0 spiro atoms. The summed E-state index contributed by atoms with van der Waals surface area (Å²) < 4.78 is 24.9. The highest BCUT2D eigenvalue weighted by Gasteiger charge is 2.30. The van der Waals surface area contributed by atoms with Gasteiger partial charge < -0.3 is 18.9 Å². The molecule has 0 bridgehead atoms. The summed E-state index contributed by atoms with van der Waals surface area (Å²) in [6.07, 6.45) is 1.75. The molecule has 0 fully saturated rings. The first-order chi connectivity index (χ1) is 15.5. The van der Waals surface area contributed by atoms with E-state index in [0.717, 1.165) is 36.9 Å². The van der Waals surface area contributed by atoms with E-state index >= 15 is 0 Å². The number of aryl methyl sites for hydroxylation is 1. The average Bonchev–Trinajstić information content (AvgIpc) is 3.09. The number of carbonyl (C=O) groups is 1. The van der Waals surface area contributed by atoms with E-state index in [1.165, 1.54) is 0 Å². The van der Waals surface area contributed by atoms with E-state index in [9.17, 15) is 4.79 Å². The van der Waals surface area contributed by atoms with E-state index < -0.39 is 0 Å². The van der Waals surface area contributed by atoms with Crippen LogP contribution in [0.4, 0.5) is 0 Å². The molecule has 0 saturated carbocycles. The van der Waals surface area contributed by atoms with Gasteiger partial charge in [0.25, 0.3) is 0 Å². The number of ether oxygens (including phenoxy) is 4. The number of benzene rings is 3. The van der Waals surface area contributed by atoms with Gasteiger partial charge in [0, 0.05) is 26.1 Å². The Hall–Kier alpha value is -2.61. The highest BCUT2D eigenvalue weighted by Crippen LogP contribution is 2.38. The van der Waals surface area contributed by atoms with Crippen molar-refractivity contribution < 1.29 is 23.7 Å². The van der Waals surface area contributed by atoms with E-state index in [0.29, 0.717) is 36.0 Å². The molecule has 5 nitrogen and oxygen atoms in total. The molecule has 0 aromatic heterocycles. The van der Waals surface area contributed by atoms with Crippen LogP contribution in [-0.4, -0.2) is 12.6 Å². The molecule has 0 unspecified atom stereocenters. The maximum atomic E-state index is 12.9. The highest BCUT2D eigenvalue weighted by molar-refractivity contribution is 9.10. The molecule has 7 heteroatoms. The van der Waals surface area contributed by atoms with Crippen LogP contribution in [0.5, 0.6) is 17.2 Å². The number of carbonyl (C=O) groups excluding carboxylic acids is 1. The van der Waals surface area contributed by atoms with Crippen LogP contribution in [-0.2, 0) is 18.0 Å². The topological polar surface area (TPSA) is 54.0 Å². The van der Waals surface area contributed by atoms with Crippen LogP contribution in [0, 0.1) is 6.92 Å². The fourth-order valence-electron chi connectivity index (χ4n) is 3.80. The summed E-state index contributed by atoms with van der Waals surface area (Å²) in [5.74, 6) is 2.11. The zero-order valence-corrected chi connectivity index (χ0v) is 20.3. The standard InChI is InChI=1S/C25H18Br2O5/c1-14-6-20(30-12-17-9-19(27)8-16-11-29-13-31-25(16)17)10-21-23(14)24(28)22(32-21)7-15-2-4-18(26)5-3-15/h2-10H,11-13H2,1H3/b22-7-. The Morgan fingerprint density at radius 1 is 1.06 bits per heavy atom. The van der Waals surface area contributed by atoms with Crippen LogP contribution in [0.3, 0.4) is 0 Å². The third kappa shape index (κ3) is 4.20. The van der Waals surface area contributed by atoms with Crippen LogP contribution in [0.1, 0.15) is 32.6 Å². The highest BCUT2D eigenvalue weighted by atomic mass is 79.9. The van der Waals surface area contributed by atoms with Crippen LogP contribution >= 0.6 is 31.9 Å². The SMILES string of the molecule is Cc1cc(OCc2cc(Br)cc3c2OCOC3)cc2c1C(=O)/C(=C/c1ccc(Br)cc1)O2. The van der Waals surface area contributed by atoms with Crippen molar-refractivity contribution in [1.82, 2.24) is 0 Å². The first kappa shape index (κ1) is 21.2. The quantitative estimate of drug-likeness (QED) is 0.339. The molecule has 162 valence electrons. The molecule has 2 heterocycles. The zero-order valence-electron chi connectivity index (χ0n) is 17.1. The first-order valence-electron chi connectivity index (χ1n) is 9.97. The van der Waals surface area contributed by atoms with Gasteiger partial charge in [-0.05, 0) is 54.5 Å². The minimum Gasteiger partial charge on any atom is -0.489 e. The van der Waals surface area contributed by atoms with E-state index in [-0.39, 0.29) is 12.6 Å². The molecular weight excluding hydrogens is 540 g/mol. The summed E-state index contributed by atoms with van der Waals surface area (Å²) in [6, 6.07) is 15.3. The van der Waals surface area contributed by atoms with Crippen LogP contribution in [0.25, 0.3) is 6.08 Å². The molecule has 0 atom stereocenters. The fourth-order valence-corrected chi connectivity index (χ4v) is 4.61. The first-order valence-corrected chi connectivity index (χ1v) is 11.6. The minimum atomic E-state index is -0.124. The zero-order chi connectivity index (χ0) is 22.2. The molecule has 32 heavy (non-hydrogen) atoms. The smallest absolute Gasteiger partial charge is 0.232 e. The molecule has 5 rings (SSSR count). The predicted octanol–water partition coefficient (Wildman–Crippen LogP) is 6.58. The van der Waals surface area contributed by atoms with Crippen molar-refractivity contribution in [2.24, 2.45) is 0 Å². The van der Waals surface area contributed by atoms with Crippen molar-refractivity contribution in [3.8, 4) is 17.2 Å². The molecule has 0 aliphatic carbocycles. The largest absolute Gasteiger partial charge is 0.489 e. The summed E-state index contributed by atoms with van der Waals surface area (Å²) in [4.78, 5) is 12.9. The van der Waals surface area contributed by atoms with E-state index in [2.05, 4.69) is 31.9 Å². The van der Waals surface area contributed by atoms with Gasteiger partial charge in [-0.2, -0.15) is 0 Å². The molecule has 3 aromatic rings. The summed E-state index contributed by atoms with van der Waals surface area (Å²) in [7, 11) is 0. The lowest BCUT2D eigenvalue weighted by Crippen LogP contribution is -2.14. The van der Waals surface area contributed by atoms with Gasteiger partial charge in [0.15, 0.2) is 12.6 Å². The number of halogens is 2. The minimum absolute atomic E-state index is 0.124. The lowest BCUT2D eigenvalue weighted by Gasteiger charge is -2.21. The van der Waals surface area contributed by atoms with Crippen molar-refractivity contribution in [3.05, 3.63) is 91.1 Å². The Morgan fingerprint density at radius 2 is 1.88 bits per heavy atom. The second-order valence-electron chi connectivity index (χ2n) is 7.56. The molecule has 2 aliphatic heterocycles. The predicted molar refractivity (Wildman–Crippen MR) is 127 cm³/mol. The average molecular weight is 558 g/mol. The molecule has 0 N–H and O–H groups in total. The Morgan fingerprint density at radius 3 is 2.69 bits per heavy atom. The van der Waals surface area contributed by atoms with Crippen LogP contribution in [0.15, 0.2) is 63.2 Å². The van der Waals surface area contributed by atoms with Gasteiger partial charge in [0.2, 0.25) is 5.78 Å². The number of hydrogen-bond donors (Lipinski definition) is 0. The number of Topliss-reactive ketones (excluding diaryl/α,β-unsaturated/α-hetero) is 1. The summed E-state index contributed by atoms with van der Waals surface area (Å²) in [6.45, 7) is 2.93. The second-order valence-corrected chi connectivity index (χ2v) is 9.39. The number of rotatable bonds is 4. The van der Waals surface area contributed by atoms with E-state index in [1.807, 2.05) is 49.4 Å². The molecular formula is C25H18Br2O5. The van der Waals surface area contributed by atoms with Crippen molar-refractivity contribution in [1.29, 1.82) is 0 Å². The summed E-state index contributed by atoms with van der Waals surface area (Å²) >= 11 is 6.95. The summed E-state index contributed by atoms with van der Waals surface area (Å²) in [5.41, 5.74) is 4.17. The Kier molecular flexibility index (Phi) is 5.80. The molecule has 0 saturated heterocycles. The number of allylic oxidation sites excluding steroid dienone is 1. The number of hydrogen-bond acceptors (Lipinski definition) is 5. The lowest BCUT2D eigenvalue weighted by atomic mass is 10.0. The third-order valence-electron chi connectivity index (χ3n) is 5.26. The Bertz CT molecular complexity index is 1250. The summed E-state index contributed by atoms with van der Waals surface area (Å²) in [5, 5.41) is 0. The van der Waals surface area contributed by atoms with Gasteiger partial charge in [0.1, 0.15) is 23.9 Å². The normalized spacial score (nSPS) is 15.7. The number of fused-ring (bicyclic) bond motifs is 2. The molecule has 0 amide bonds. The van der Waals surface area contributed by atoms with Gasteiger partial charge in [0.05, 0.1) is 12.2 Å². The van der Waals surface area contributed by atoms with Gasteiger partial charge in [-0.25, -0.2) is 0 Å². The van der Waals surface area contributed by atoms with Crippen molar-refractivity contribution in [2.75, 3.05) is 6.79 Å². The number of ketones is 1. The Labute approximate surface area is 202 Å². The molecule has 2 aliphatic rings. The Balaban J connectivity index is 1.38. The second kappa shape index (κ2) is 8.73. The van der Waals surface area contributed by atoms with E-state index in [1.54, 1.807) is 12.1 Å². The van der Waals surface area contributed by atoms with Gasteiger partial charge in [-0.15, -0.1) is 0 Å². The van der Waals surface area contributed by atoms with Gasteiger partial charge in [-0.3, -0.25) is 4.79 Å². The maximum Gasteiger partial charge on any atom is 0.232 e. The molecule has 0 radical (unpaired) electrons. The maximum absolute atomic E-state index is 12.9. The van der Waals surface area contributed by atoms with Crippen molar-refractivity contribution in [3.63, 3.8) is 0 Å². The van der Waals surface area contributed by atoms with Crippen molar-refractivity contribution in [2.45, 2.75) is 20.1 Å². The lowest BCUT2D eigenvalue weighted by molar-refractivity contribution is -0.0176. The monoisotopic (exact) mass is 556 g/mol. The van der Waals surface area contributed by atoms with Crippen LogP contribution in [0.2, 0.25) is 0 Å². The van der Waals surface area contributed by atoms with Crippen molar-refractivity contribution >= 4 is 43.7 Å². The van der Waals surface area contributed by atoms with Gasteiger partial charge >= 0.3 is 0 Å². The van der Waals surface area contributed by atoms with Crippen LogP contribution < -0.4 is 14.2 Å².